The van der Waals surface area contributed by atoms with Crippen molar-refractivity contribution in [2.45, 2.75) is 38.1 Å². The molecule has 1 aromatic carbocycles. The largest absolute Gasteiger partial charge is 0.324 e. The molecule has 2 nitrogen and oxygen atoms in total. The van der Waals surface area contributed by atoms with E-state index < -0.39 is 0 Å². The van der Waals surface area contributed by atoms with Crippen LogP contribution < -0.4 is 4.90 Å². The molecule has 3 rings (SSSR count). The van der Waals surface area contributed by atoms with E-state index in [1.807, 2.05) is 24.4 Å². The lowest BCUT2D eigenvalue weighted by molar-refractivity contribution is 0.429. The highest BCUT2D eigenvalue weighted by Gasteiger charge is 2.23. The minimum absolute atomic E-state index is 0.506. The maximum Gasteiger partial charge on any atom is 0.133 e. The van der Waals surface area contributed by atoms with Gasteiger partial charge >= 0.3 is 0 Å². The van der Waals surface area contributed by atoms with Crippen molar-refractivity contribution in [1.29, 1.82) is 0 Å². The van der Waals surface area contributed by atoms with Crippen molar-refractivity contribution < 1.29 is 0 Å². The van der Waals surface area contributed by atoms with E-state index in [9.17, 15) is 0 Å². The number of hydrogen-bond acceptors (Lipinski definition) is 2. The van der Waals surface area contributed by atoms with E-state index in [0.29, 0.717) is 6.04 Å². The number of anilines is 1. The summed E-state index contributed by atoms with van der Waals surface area (Å²) in [7, 11) is 0. The molecule has 0 spiro atoms. The summed E-state index contributed by atoms with van der Waals surface area (Å²) >= 11 is 0. The molecule has 2 aromatic rings. The van der Waals surface area contributed by atoms with Gasteiger partial charge in [0.15, 0.2) is 0 Å². The normalized spacial score (nSPS) is 15.7. The predicted molar refractivity (Wildman–Crippen MR) is 98.2 cm³/mol. The molecule has 1 saturated carbocycles. The molecule has 0 unspecified atom stereocenters. The quantitative estimate of drug-likeness (QED) is 0.683. The Morgan fingerprint density at radius 3 is 2.43 bits per heavy atom. The van der Waals surface area contributed by atoms with Crippen molar-refractivity contribution in [1.82, 2.24) is 4.98 Å². The number of rotatable bonds is 5. The third kappa shape index (κ3) is 4.10. The second kappa shape index (κ2) is 7.77. The monoisotopic (exact) mass is 304 g/mol. The summed E-state index contributed by atoms with van der Waals surface area (Å²) in [6.07, 6.45) is 12.5. The maximum atomic E-state index is 4.56. The third-order valence-corrected chi connectivity index (χ3v) is 4.41. The molecule has 0 radical (unpaired) electrons. The van der Waals surface area contributed by atoms with Gasteiger partial charge < -0.3 is 4.90 Å². The first-order chi connectivity index (χ1) is 11.3. The molecule has 0 saturated heterocycles. The Kier molecular flexibility index (Phi) is 5.25. The molecule has 1 aromatic heterocycles. The highest BCUT2D eigenvalue weighted by Crippen LogP contribution is 2.29. The fourth-order valence-corrected chi connectivity index (χ4v) is 3.24. The van der Waals surface area contributed by atoms with Crippen LogP contribution in [0.5, 0.6) is 0 Å². The summed E-state index contributed by atoms with van der Waals surface area (Å²) < 4.78 is 0. The fraction of sp³-hybridized carbons (Fsp3) is 0.286. The molecule has 23 heavy (non-hydrogen) atoms. The number of pyridine rings is 1. The Morgan fingerprint density at radius 1 is 1.00 bits per heavy atom. The molecule has 0 amide bonds. The van der Waals surface area contributed by atoms with Crippen molar-refractivity contribution in [3.05, 3.63) is 78.6 Å². The van der Waals surface area contributed by atoms with Crippen LogP contribution >= 0.6 is 0 Å². The summed E-state index contributed by atoms with van der Waals surface area (Å²) in [5, 5.41) is 0. The van der Waals surface area contributed by atoms with Gasteiger partial charge in [0.25, 0.3) is 0 Å². The topological polar surface area (TPSA) is 16.1 Å². The van der Waals surface area contributed by atoms with Gasteiger partial charge in [-0.1, -0.05) is 68.3 Å². The Bertz CT molecular complexity index is 640. The first-order valence-corrected chi connectivity index (χ1v) is 8.47. The summed E-state index contributed by atoms with van der Waals surface area (Å²) in [5.74, 6) is 1.00. The third-order valence-electron chi connectivity index (χ3n) is 4.41. The Balaban J connectivity index is 1.82. The Labute approximate surface area is 139 Å². The van der Waals surface area contributed by atoms with Crippen molar-refractivity contribution in [3.63, 3.8) is 0 Å². The fourth-order valence-electron chi connectivity index (χ4n) is 3.24. The Morgan fingerprint density at radius 2 is 1.74 bits per heavy atom. The van der Waals surface area contributed by atoms with Gasteiger partial charge in [-0.2, -0.15) is 0 Å². The predicted octanol–water partition coefficient (Wildman–Crippen LogP) is 5.45. The Hall–Kier alpha value is -2.35. The highest BCUT2D eigenvalue weighted by atomic mass is 15.2. The van der Waals surface area contributed by atoms with Gasteiger partial charge in [-0.3, -0.25) is 0 Å². The molecule has 0 atom stereocenters. The van der Waals surface area contributed by atoms with Crippen LogP contribution in [0.4, 0.5) is 5.82 Å². The van der Waals surface area contributed by atoms with Crippen LogP contribution in [0.3, 0.4) is 0 Å². The summed E-state index contributed by atoms with van der Waals surface area (Å²) in [4.78, 5) is 6.88. The smallest absolute Gasteiger partial charge is 0.133 e. The van der Waals surface area contributed by atoms with Gasteiger partial charge in [0.1, 0.15) is 5.82 Å². The standard InChI is InChI=1S/C21H24N2/c1-18(15-16-19-10-4-2-5-11-19)23(20-12-6-3-7-13-20)21-14-8-9-17-22-21/h2,4-5,8-11,14-17,20H,1,3,6-7,12-13H2/b16-15+. The van der Waals surface area contributed by atoms with E-state index >= 15 is 0 Å². The van der Waals surface area contributed by atoms with Gasteiger partial charge in [0, 0.05) is 17.9 Å². The van der Waals surface area contributed by atoms with Crippen molar-refractivity contribution in [2.75, 3.05) is 4.90 Å². The van der Waals surface area contributed by atoms with Crippen LogP contribution in [-0.2, 0) is 0 Å². The minimum atomic E-state index is 0.506. The number of benzene rings is 1. The number of nitrogens with zero attached hydrogens (tertiary/aromatic N) is 2. The molecule has 118 valence electrons. The van der Waals surface area contributed by atoms with Gasteiger partial charge in [-0.15, -0.1) is 0 Å². The van der Waals surface area contributed by atoms with Crippen molar-refractivity contribution in [3.8, 4) is 0 Å². The molecule has 2 heteroatoms. The first kappa shape index (κ1) is 15.5. The van der Waals surface area contributed by atoms with Crippen LogP contribution in [-0.4, -0.2) is 11.0 Å². The number of hydrogen-bond donors (Lipinski definition) is 0. The lowest BCUT2D eigenvalue weighted by atomic mass is 9.93. The molecular formula is C21H24N2. The van der Waals surface area contributed by atoms with E-state index in [1.165, 1.54) is 37.7 Å². The molecule has 1 fully saturated rings. The van der Waals surface area contributed by atoms with Crippen LogP contribution in [0.2, 0.25) is 0 Å². The second-order valence-electron chi connectivity index (χ2n) is 6.09. The minimum Gasteiger partial charge on any atom is -0.324 e. The molecular weight excluding hydrogens is 280 g/mol. The van der Waals surface area contributed by atoms with E-state index in [2.05, 4.69) is 58.9 Å². The average Bonchev–Trinajstić information content (AvgIpc) is 2.63. The lowest BCUT2D eigenvalue weighted by Crippen LogP contribution is -2.36. The number of aromatic nitrogens is 1. The first-order valence-electron chi connectivity index (χ1n) is 8.47. The lowest BCUT2D eigenvalue weighted by Gasteiger charge is -2.35. The zero-order chi connectivity index (χ0) is 15.9. The SMILES string of the molecule is C=C(/C=C/c1ccccc1)N(c1ccccn1)C1CCCCC1. The average molecular weight is 304 g/mol. The van der Waals surface area contributed by atoms with Gasteiger partial charge in [-0.25, -0.2) is 4.98 Å². The second-order valence-corrected chi connectivity index (χ2v) is 6.09. The van der Waals surface area contributed by atoms with Crippen LogP contribution in [0.25, 0.3) is 6.08 Å². The zero-order valence-electron chi connectivity index (χ0n) is 13.6. The molecule has 1 aliphatic carbocycles. The summed E-state index contributed by atoms with van der Waals surface area (Å²) in [5.41, 5.74) is 2.21. The van der Waals surface area contributed by atoms with E-state index in [4.69, 9.17) is 0 Å². The highest BCUT2D eigenvalue weighted by molar-refractivity contribution is 5.58. The molecule has 1 aliphatic rings. The summed E-state index contributed by atoms with van der Waals surface area (Å²) in [6.45, 7) is 4.32. The number of allylic oxidation sites excluding steroid dienone is 1. The van der Waals surface area contributed by atoms with Crippen molar-refractivity contribution >= 4 is 11.9 Å². The zero-order valence-corrected chi connectivity index (χ0v) is 13.6. The van der Waals surface area contributed by atoms with Crippen LogP contribution in [0, 0.1) is 0 Å². The molecule has 0 bridgehead atoms. The van der Waals surface area contributed by atoms with E-state index in [-0.39, 0.29) is 0 Å². The maximum absolute atomic E-state index is 4.56. The van der Waals surface area contributed by atoms with Crippen LogP contribution in [0.15, 0.2) is 73.1 Å². The van der Waals surface area contributed by atoms with Crippen LogP contribution in [0.1, 0.15) is 37.7 Å². The van der Waals surface area contributed by atoms with E-state index in [0.717, 1.165) is 11.5 Å². The molecule has 0 N–H and O–H groups in total. The summed E-state index contributed by atoms with van der Waals surface area (Å²) in [6, 6.07) is 17.0. The van der Waals surface area contributed by atoms with Gasteiger partial charge in [0.2, 0.25) is 0 Å². The van der Waals surface area contributed by atoms with Gasteiger partial charge in [-0.05, 0) is 36.6 Å². The van der Waals surface area contributed by atoms with Gasteiger partial charge in [0.05, 0.1) is 0 Å². The molecule has 1 heterocycles. The van der Waals surface area contributed by atoms with Crippen molar-refractivity contribution in [2.24, 2.45) is 0 Å². The van der Waals surface area contributed by atoms with E-state index in [1.54, 1.807) is 0 Å². The molecule has 0 aliphatic heterocycles.